The molecule has 1 amide bonds. The summed E-state index contributed by atoms with van der Waals surface area (Å²) in [5.41, 5.74) is 0.826. The maximum Gasteiger partial charge on any atom is 0.326 e. The molecule has 1 unspecified atom stereocenters. The van der Waals surface area contributed by atoms with Crippen molar-refractivity contribution in [3.05, 3.63) is 34.7 Å². The number of ether oxygens (including phenoxy) is 1. The number of rotatable bonds is 6. The molecule has 0 aliphatic carbocycles. The number of carboxylic acids is 1. The highest BCUT2D eigenvalue weighted by Gasteiger charge is 2.40. The third-order valence-electron chi connectivity index (χ3n) is 3.53. The molecule has 0 bridgehead atoms. The van der Waals surface area contributed by atoms with Gasteiger partial charge in [0, 0.05) is 0 Å². The van der Waals surface area contributed by atoms with Crippen molar-refractivity contribution in [3.63, 3.8) is 0 Å². The van der Waals surface area contributed by atoms with Crippen LogP contribution in [0.5, 0.6) is 5.75 Å². The lowest BCUT2D eigenvalue weighted by Crippen LogP contribution is -2.44. The van der Waals surface area contributed by atoms with Crippen LogP contribution < -0.4 is 4.74 Å². The maximum absolute atomic E-state index is 12.6. The molecule has 1 saturated heterocycles. The fourth-order valence-electron chi connectivity index (χ4n) is 2.36. The van der Waals surface area contributed by atoms with Crippen molar-refractivity contribution >= 4 is 46.3 Å². The predicted octanol–water partition coefficient (Wildman–Crippen LogP) is 3.40. The summed E-state index contributed by atoms with van der Waals surface area (Å²) < 4.78 is 5.39. The standard InChI is InChI=1S/C17H19NO4S2/c1-10(2)8-13(16(20)21)18-15(19)14(24-17(18)23)9-11-4-6-12(22-3)7-5-11/h4-7,9-10,13H,8H2,1-3H3,(H,20,21)/b14-9-. The third-order valence-corrected chi connectivity index (χ3v) is 4.86. The molecule has 1 aromatic rings. The van der Waals surface area contributed by atoms with Crippen LogP contribution in [0.1, 0.15) is 25.8 Å². The van der Waals surface area contributed by atoms with Gasteiger partial charge in [-0.15, -0.1) is 0 Å². The first-order valence-corrected chi connectivity index (χ1v) is 8.70. The molecule has 24 heavy (non-hydrogen) atoms. The van der Waals surface area contributed by atoms with Crippen LogP contribution in [-0.4, -0.2) is 39.4 Å². The highest BCUT2D eigenvalue weighted by Crippen LogP contribution is 2.35. The first kappa shape index (κ1) is 18.5. The Labute approximate surface area is 150 Å². The van der Waals surface area contributed by atoms with E-state index in [0.29, 0.717) is 11.3 Å². The first-order valence-electron chi connectivity index (χ1n) is 7.47. The molecule has 2 rings (SSSR count). The van der Waals surface area contributed by atoms with Crippen LogP contribution >= 0.6 is 24.0 Å². The van der Waals surface area contributed by atoms with Gasteiger partial charge in [0.2, 0.25) is 0 Å². The quantitative estimate of drug-likeness (QED) is 0.616. The van der Waals surface area contributed by atoms with Gasteiger partial charge in [-0.1, -0.05) is 50.0 Å². The predicted molar refractivity (Wildman–Crippen MR) is 98.9 cm³/mol. The lowest BCUT2D eigenvalue weighted by atomic mass is 10.0. The monoisotopic (exact) mass is 365 g/mol. The minimum Gasteiger partial charge on any atom is -0.497 e. The Balaban J connectivity index is 2.26. The van der Waals surface area contributed by atoms with E-state index in [-0.39, 0.29) is 16.1 Å². The van der Waals surface area contributed by atoms with Gasteiger partial charge in [0.1, 0.15) is 16.1 Å². The molecule has 0 saturated carbocycles. The smallest absolute Gasteiger partial charge is 0.326 e. The lowest BCUT2D eigenvalue weighted by Gasteiger charge is -2.24. The minimum absolute atomic E-state index is 0.140. The molecular weight excluding hydrogens is 346 g/mol. The third kappa shape index (κ3) is 4.15. The van der Waals surface area contributed by atoms with Gasteiger partial charge in [0.05, 0.1) is 12.0 Å². The van der Waals surface area contributed by atoms with E-state index in [0.717, 1.165) is 23.1 Å². The number of amides is 1. The summed E-state index contributed by atoms with van der Waals surface area (Å²) in [5.74, 6) is -0.525. The van der Waals surface area contributed by atoms with Crippen LogP contribution in [0.25, 0.3) is 6.08 Å². The van der Waals surface area contributed by atoms with Crippen LogP contribution in [0.3, 0.4) is 0 Å². The number of hydrogen-bond acceptors (Lipinski definition) is 5. The molecule has 0 aromatic heterocycles. The number of nitrogens with zero attached hydrogens (tertiary/aromatic N) is 1. The summed E-state index contributed by atoms with van der Waals surface area (Å²) in [6, 6.07) is 6.32. The van der Waals surface area contributed by atoms with Crippen molar-refractivity contribution in [1.82, 2.24) is 4.90 Å². The van der Waals surface area contributed by atoms with E-state index >= 15 is 0 Å². The zero-order valence-electron chi connectivity index (χ0n) is 13.7. The molecule has 1 aliphatic heterocycles. The second kappa shape index (κ2) is 7.81. The molecule has 0 radical (unpaired) electrons. The number of benzene rings is 1. The SMILES string of the molecule is COc1ccc(/C=C2\SC(=S)N(C(CC(C)C)C(=O)O)C2=O)cc1. The van der Waals surface area contributed by atoms with Gasteiger partial charge in [-0.2, -0.15) is 0 Å². The molecular formula is C17H19NO4S2. The number of carbonyl (C=O) groups is 2. The Bertz CT molecular complexity index is 682. The summed E-state index contributed by atoms with van der Waals surface area (Å²) in [5, 5.41) is 9.46. The van der Waals surface area contributed by atoms with Crippen LogP contribution in [0.4, 0.5) is 0 Å². The van der Waals surface area contributed by atoms with Crippen molar-refractivity contribution in [3.8, 4) is 5.75 Å². The van der Waals surface area contributed by atoms with Crippen molar-refractivity contribution < 1.29 is 19.4 Å². The second-order valence-electron chi connectivity index (χ2n) is 5.81. The Kier molecular flexibility index (Phi) is 6.01. The minimum atomic E-state index is -1.04. The van der Waals surface area contributed by atoms with Gasteiger partial charge in [-0.05, 0) is 36.1 Å². The summed E-state index contributed by atoms with van der Waals surface area (Å²) >= 11 is 6.38. The highest BCUT2D eigenvalue weighted by atomic mass is 32.2. The fourth-order valence-corrected chi connectivity index (χ4v) is 3.72. The van der Waals surface area contributed by atoms with Gasteiger partial charge in [-0.3, -0.25) is 9.69 Å². The van der Waals surface area contributed by atoms with Crippen molar-refractivity contribution in [2.75, 3.05) is 7.11 Å². The Morgan fingerprint density at radius 3 is 2.50 bits per heavy atom. The summed E-state index contributed by atoms with van der Waals surface area (Å²) in [4.78, 5) is 25.8. The van der Waals surface area contributed by atoms with Gasteiger partial charge in [0.25, 0.3) is 5.91 Å². The van der Waals surface area contributed by atoms with E-state index in [1.54, 1.807) is 25.3 Å². The molecule has 128 valence electrons. The normalized spacial score (nSPS) is 17.7. The van der Waals surface area contributed by atoms with Crippen molar-refractivity contribution in [2.45, 2.75) is 26.3 Å². The van der Waals surface area contributed by atoms with E-state index in [4.69, 9.17) is 17.0 Å². The molecule has 1 fully saturated rings. The van der Waals surface area contributed by atoms with E-state index in [1.807, 2.05) is 26.0 Å². The van der Waals surface area contributed by atoms with Crippen molar-refractivity contribution in [1.29, 1.82) is 0 Å². The number of carbonyl (C=O) groups excluding carboxylic acids is 1. The average Bonchev–Trinajstić information content (AvgIpc) is 2.79. The van der Waals surface area contributed by atoms with Crippen LogP contribution in [-0.2, 0) is 9.59 Å². The molecule has 1 heterocycles. The topological polar surface area (TPSA) is 66.8 Å². The number of thiocarbonyl (C=S) groups is 1. The number of methoxy groups -OCH3 is 1. The van der Waals surface area contributed by atoms with E-state index in [1.165, 1.54) is 4.90 Å². The van der Waals surface area contributed by atoms with E-state index < -0.39 is 12.0 Å². The van der Waals surface area contributed by atoms with Crippen molar-refractivity contribution in [2.24, 2.45) is 5.92 Å². The zero-order chi connectivity index (χ0) is 17.9. The fraction of sp³-hybridized carbons (Fsp3) is 0.353. The Morgan fingerprint density at radius 1 is 1.38 bits per heavy atom. The van der Waals surface area contributed by atoms with Gasteiger partial charge < -0.3 is 9.84 Å². The maximum atomic E-state index is 12.6. The van der Waals surface area contributed by atoms with Gasteiger partial charge in [-0.25, -0.2) is 4.79 Å². The lowest BCUT2D eigenvalue weighted by molar-refractivity contribution is -0.145. The second-order valence-corrected chi connectivity index (χ2v) is 7.48. The number of hydrogen-bond donors (Lipinski definition) is 1. The Morgan fingerprint density at radius 2 is 2.00 bits per heavy atom. The molecule has 1 atom stereocenters. The number of thioether (sulfide) groups is 1. The highest BCUT2D eigenvalue weighted by molar-refractivity contribution is 8.26. The molecule has 0 spiro atoms. The van der Waals surface area contributed by atoms with Gasteiger partial charge in [0.15, 0.2) is 0 Å². The number of aliphatic carboxylic acids is 1. The van der Waals surface area contributed by atoms with E-state index in [2.05, 4.69) is 0 Å². The first-order chi connectivity index (χ1) is 11.3. The molecule has 1 aromatic carbocycles. The zero-order valence-corrected chi connectivity index (χ0v) is 15.3. The summed E-state index contributed by atoms with van der Waals surface area (Å²) in [7, 11) is 1.58. The molecule has 7 heteroatoms. The van der Waals surface area contributed by atoms with Crippen LogP contribution in [0.2, 0.25) is 0 Å². The average molecular weight is 365 g/mol. The largest absolute Gasteiger partial charge is 0.497 e. The van der Waals surface area contributed by atoms with Gasteiger partial charge >= 0.3 is 5.97 Å². The molecule has 5 nitrogen and oxygen atoms in total. The van der Waals surface area contributed by atoms with Crippen LogP contribution in [0.15, 0.2) is 29.2 Å². The molecule has 1 N–H and O–H groups in total. The molecule has 1 aliphatic rings. The Hall–Kier alpha value is -1.86. The van der Waals surface area contributed by atoms with E-state index in [9.17, 15) is 14.7 Å². The summed E-state index contributed by atoms with van der Waals surface area (Å²) in [6.45, 7) is 3.83. The van der Waals surface area contributed by atoms with Crippen LogP contribution in [0, 0.1) is 5.92 Å². The number of carboxylic acid groups (broad SMARTS) is 1. The summed E-state index contributed by atoms with van der Waals surface area (Å²) in [6.07, 6.45) is 2.07.